The molecule has 0 aliphatic carbocycles. The Morgan fingerprint density at radius 3 is 1.75 bits per heavy atom. The average molecular weight is 224 g/mol. The Morgan fingerprint density at radius 2 is 1.50 bits per heavy atom. The highest BCUT2D eigenvalue weighted by molar-refractivity contribution is 8.33. The molecule has 0 saturated carbocycles. The van der Waals surface area contributed by atoms with Gasteiger partial charge in [-0.15, -0.1) is 0 Å². The summed E-state index contributed by atoms with van der Waals surface area (Å²) in [5, 5.41) is 17.1. The van der Waals surface area contributed by atoms with Crippen LogP contribution < -0.4 is 0 Å². The largest absolute Gasteiger partial charge is 0.477 e. The quantitative estimate of drug-likeness (QED) is 0.609. The average Bonchev–Trinajstić information content (AvgIpc) is 2.31. The van der Waals surface area contributed by atoms with Gasteiger partial charge in [0.15, 0.2) is 0 Å². The Bertz CT molecular complexity index is 246. The van der Waals surface area contributed by atoms with Crippen molar-refractivity contribution in [3.63, 3.8) is 0 Å². The zero-order chi connectivity index (χ0) is 9.30. The first-order chi connectivity index (χ1) is 5.52. The molecule has 0 bridgehead atoms. The van der Waals surface area contributed by atoms with E-state index in [2.05, 4.69) is 12.6 Å². The molecule has 0 aromatic heterocycles. The lowest BCUT2D eigenvalue weighted by atomic mass is 10.5. The van der Waals surface area contributed by atoms with Crippen molar-refractivity contribution in [3.05, 3.63) is 9.81 Å². The second kappa shape index (κ2) is 3.63. The summed E-state index contributed by atoms with van der Waals surface area (Å²) in [6.45, 7) is 0. The van der Waals surface area contributed by atoms with E-state index < -0.39 is 11.9 Å². The molecule has 2 N–H and O–H groups in total. The number of carboxylic acids is 2. The Kier molecular flexibility index (Phi) is 2.97. The number of aliphatic carboxylic acids is 2. The van der Waals surface area contributed by atoms with Crippen molar-refractivity contribution in [3.8, 4) is 0 Å². The fourth-order valence-electron chi connectivity index (χ4n) is 0.628. The molecule has 1 aliphatic rings. The molecular weight excluding hydrogens is 220 g/mol. The molecule has 0 aromatic carbocycles. The smallest absolute Gasteiger partial charge is 0.343 e. The van der Waals surface area contributed by atoms with Gasteiger partial charge in [-0.05, 0) is 0 Å². The Balaban J connectivity index is 2.96. The van der Waals surface area contributed by atoms with E-state index in [9.17, 15) is 9.59 Å². The summed E-state index contributed by atoms with van der Waals surface area (Å²) in [5.41, 5.74) is 0. The summed E-state index contributed by atoms with van der Waals surface area (Å²) in [4.78, 5) is 20.7. The third kappa shape index (κ3) is 1.90. The number of rotatable bonds is 2. The van der Waals surface area contributed by atoms with E-state index in [1.807, 2.05) is 0 Å². The van der Waals surface area contributed by atoms with Crippen LogP contribution in [0.3, 0.4) is 0 Å². The first kappa shape index (κ1) is 9.82. The first-order valence-corrected chi connectivity index (χ1v) is 5.02. The summed E-state index contributed by atoms with van der Waals surface area (Å²) in [7, 11) is 0. The van der Waals surface area contributed by atoms with Crippen LogP contribution in [0.4, 0.5) is 0 Å². The SMILES string of the molecule is O=C(O)C1=C(C(=O)O)SC(S)S1. The van der Waals surface area contributed by atoms with Gasteiger partial charge in [-0.1, -0.05) is 23.5 Å². The summed E-state index contributed by atoms with van der Waals surface area (Å²) in [6, 6.07) is 0. The normalized spacial score (nSPS) is 18.4. The van der Waals surface area contributed by atoms with Crippen molar-refractivity contribution in [2.24, 2.45) is 0 Å². The van der Waals surface area contributed by atoms with Gasteiger partial charge in [-0.2, -0.15) is 12.6 Å². The van der Waals surface area contributed by atoms with Crippen LogP contribution in [0.2, 0.25) is 0 Å². The van der Waals surface area contributed by atoms with E-state index in [1.54, 1.807) is 0 Å². The van der Waals surface area contributed by atoms with E-state index in [0.29, 0.717) is 0 Å². The predicted molar refractivity (Wildman–Crippen MR) is 50.3 cm³/mol. The minimum Gasteiger partial charge on any atom is -0.477 e. The van der Waals surface area contributed by atoms with Gasteiger partial charge in [0.2, 0.25) is 0 Å². The van der Waals surface area contributed by atoms with Gasteiger partial charge in [-0.25, -0.2) is 9.59 Å². The molecule has 4 nitrogen and oxygen atoms in total. The van der Waals surface area contributed by atoms with Crippen LogP contribution in [0.15, 0.2) is 9.81 Å². The number of hydrogen-bond donors (Lipinski definition) is 3. The molecule has 0 spiro atoms. The molecule has 66 valence electrons. The number of hydrogen-bond acceptors (Lipinski definition) is 5. The van der Waals surface area contributed by atoms with Crippen molar-refractivity contribution < 1.29 is 19.8 Å². The number of thiol groups is 1. The zero-order valence-corrected chi connectivity index (χ0v) is 8.08. The van der Waals surface area contributed by atoms with Crippen LogP contribution in [-0.4, -0.2) is 26.1 Å². The molecule has 0 amide bonds. The molecule has 12 heavy (non-hydrogen) atoms. The molecule has 0 radical (unpaired) electrons. The second-order valence-electron chi connectivity index (χ2n) is 1.81. The van der Waals surface area contributed by atoms with Crippen LogP contribution >= 0.6 is 36.2 Å². The fourth-order valence-corrected chi connectivity index (χ4v) is 3.31. The lowest BCUT2D eigenvalue weighted by Gasteiger charge is -1.94. The van der Waals surface area contributed by atoms with E-state index >= 15 is 0 Å². The van der Waals surface area contributed by atoms with Crippen LogP contribution in [0.25, 0.3) is 0 Å². The van der Waals surface area contributed by atoms with Gasteiger partial charge >= 0.3 is 11.9 Å². The highest BCUT2D eigenvalue weighted by atomic mass is 32.3. The van der Waals surface area contributed by atoms with Crippen LogP contribution in [0.1, 0.15) is 0 Å². The number of carbonyl (C=O) groups is 2. The third-order valence-electron chi connectivity index (χ3n) is 1.03. The molecule has 0 saturated heterocycles. The number of carboxylic acid groups (broad SMARTS) is 2. The monoisotopic (exact) mass is 224 g/mol. The fraction of sp³-hybridized carbons (Fsp3) is 0.200. The molecule has 1 rings (SSSR count). The van der Waals surface area contributed by atoms with Gasteiger partial charge in [0.25, 0.3) is 0 Å². The lowest BCUT2D eigenvalue weighted by molar-refractivity contribution is -0.134. The van der Waals surface area contributed by atoms with Crippen molar-refractivity contribution in [2.75, 3.05) is 0 Å². The Hall–Kier alpha value is -0.270. The van der Waals surface area contributed by atoms with Gasteiger partial charge in [0.1, 0.15) is 13.7 Å². The minimum atomic E-state index is -1.21. The summed E-state index contributed by atoms with van der Waals surface area (Å²) in [5.74, 6) is -2.41. The summed E-state index contributed by atoms with van der Waals surface area (Å²) >= 11 is 5.83. The maximum atomic E-state index is 10.5. The van der Waals surface area contributed by atoms with Gasteiger partial charge < -0.3 is 10.2 Å². The maximum Gasteiger partial charge on any atom is 0.343 e. The van der Waals surface area contributed by atoms with Crippen molar-refractivity contribution in [1.29, 1.82) is 0 Å². The molecule has 0 atom stereocenters. The molecular formula is C5H4O4S3. The van der Waals surface area contributed by atoms with E-state index in [0.717, 1.165) is 23.5 Å². The van der Waals surface area contributed by atoms with Gasteiger partial charge in [0, 0.05) is 0 Å². The highest BCUT2D eigenvalue weighted by Crippen LogP contribution is 2.47. The first-order valence-electron chi connectivity index (χ1n) is 2.74. The summed E-state index contributed by atoms with van der Waals surface area (Å²) in [6.07, 6.45) is 0. The molecule has 7 heteroatoms. The Morgan fingerprint density at radius 1 is 1.17 bits per heavy atom. The maximum absolute atomic E-state index is 10.5. The van der Waals surface area contributed by atoms with Gasteiger partial charge in [0.05, 0.1) is 0 Å². The van der Waals surface area contributed by atoms with E-state index in [-0.39, 0.29) is 13.7 Å². The lowest BCUT2D eigenvalue weighted by Crippen LogP contribution is -2.03. The highest BCUT2D eigenvalue weighted by Gasteiger charge is 2.31. The summed E-state index contributed by atoms with van der Waals surface area (Å²) < 4.78 is -0.331. The third-order valence-corrected chi connectivity index (χ3v) is 4.00. The molecule has 1 heterocycles. The van der Waals surface area contributed by atoms with Crippen molar-refractivity contribution in [1.82, 2.24) is 0 Å². The molecule has 0 aromatic rings. The predicted octanol–water partition coefficient (Wildman–Crippen LogP) is 1.06. The van der Waals surface area contributed by atoms with Crippen molar-refractivity contribution in [2.45, 2.75) is 3.91 Å². The van der Waals surface area contributed by atoms with Crippen molar-refractivity contribution >= 4 is 48.1 Å². The van der Waals surface area contributed by atoms with E-state index in [1.165, 1.54) is 0 Å². The molecule has 0 unspecified atom stereocenters. The second-order valence-corrected chi connectivity index (χ2v) is 5.56. The Labute approximate surface area is 81.8 Å². The standard InChI is InChI=1S/C5H4O4S3/c6-3(7)1-2(4(8)9)12-5(10)11-1/h5,10H,(H,6,7)(H,8,9). The topological polar surface area (TPSA) is 74.6 Å². The van der Waals surface area contributed by atoms with Crippen LogP contribution in [0.5, 0.6) is 0 Å². The van der Waals surface area contributed by atoms with Gasteiger partial charge in [-0.3, -0.25) is 0 Å². The zero-order valence-electron chi connectivity index (χ0n) is 5.55. The minimum absolute atomic E-state index is 0.132. The van der Waals surface area contributed by atoms with E-state index in [4.69, 9.17) is 10.2 Å². The number of thioether (sulfide) groups is 2. The molecule has 0 fully saturated rings. The van der Waals surface area contributed by atoms with Crippen LogP contribution in [0, 0.1) is 0 Å². The van der Waals surface area contributed by atoms with Crippen LogP contribution in [-0.2, 0) is 9.59 Å². The molecule has 1 aliphatic heterocycles.